The SMILES string of the molecule is CC(C)c1ccc2c(ccc3c(-c4cc(-c5ccccc5)c5cc(-c6ccccc6)sc5c4)nccc32)c1. The molecule has 0 aliphatic heterocycles. The minimum atomic E-state index is 0.512. The van der Waals surface area contributed by atoms with E-state index in [1.165, 1.54) is 58.8 Å². The van der Waals surface area contributed by atoms with E-state index in [2.05, 4.69) is 129 Å². The number of aromatic nitrogens is 1. The summed E-state index contributed by atoms with van der Waals surface area (Å²) in [5.74, 6) is 0.512. The number of hydrogen-bond acceptors (Lipinski definition) is 2. The van der Waals surface area contributed by atoms with Crippen molar-refractivity contribution in [2.45, 2.75) is 19.8 Å². The fourth-order valence-electron chi connectivity index (χ4n) is 5.48. The van der Waals surface area contributed by atoms with Gasteiger partial charge in [-0.2, -0.15) is 0 Å². The lowest BCUT2D eigenvalue weighted by Gasteiger charge is -2.13. The van der Waals surface area contributed by atoms with Crippen molar-refractivity contribution in [1.82, 2.24) is 4.98 Å². The van der Waals surface area contributed by atoms with E-state index in [1.54, 1.807) is 0 Å². The van der Waals surface area contributed by atoms with Crippen molar-refractivity contribution < 1.29 is 0 Å². The third kappa shape index (κ3) is 3.89. The zero-order chi connectivity index (χ0) is 25.6. The van der Waals surface area contributed by atoms with E-state index >= 15 is 0 Å². The molecule has 0 saturated heterocycles. The second kappa shape index (κ2) is 9.24. The molecule has 0 amide bonds. The van der Waals surface area contributed by atoms with Gasteiger partial charge in [0.25, 0.3) is 0 Å². The molecule has 2 aromatic heterocycles. The Balaban J connectivity index is 1.47. The summed E-state index contributed by atoms with van der Waals surface area (Å²) in [4.78, 5) is 6.23. The zero-order valence-corrected chi connectivity index (χ0v) is 22.3. The third-order valence-electron chi connectivity index (χ3n) is 7.51. The lowest BCUT2D eigenvalue weighted by Crippen LogP contribution is -1.90. The number of nitrogens with zero attached hydrogens (tertiary/aromatic N) is 1. The first-order valence-corrected chi connectivity index (χ1v) is 14.0. The molecule has 5 aromatic carbocycles. The van der Waals surface area contributed by atoms with Gasteiger partial charge in [-0.3, -0.25) is 4.98 Å². The smallest absolute Gasteiger partial charge is 0.0781 e. The van der Waals surface area contributed by atoms with Crippen LogP contribution in [0.5, 0.6) is 0 Å². The van der Waals surface area contributed by atoms with Crippen LogP contribution in [0.3, 0.4) is 0 Å². The van der Waals surface area contributed by atoms with Gasteiger partial charge in [0.1, 0.15) is 0 Å². The predicted octanol–water partition coefficient (Wildman–Crippen LogP) is 10.7. The molecule has 38 heavy (non-hydrogen) atoms. The average Bonchev–Trinajstić information content (AvgIpc) is 3.41. The molecule has 0 aliphatic rings. The quantitative estimate of drug-likeness (QED) is 0.217. The molecule has 2 heterocycles. The second-order valence-electron chi connectivity index (χ2n) is 10.2. The van der Waals surface area contributed by atoms with Gasteiger partial charge in [0, 0.05) is 32.1 Å². The van der Waals surface area contributed by atoms with Gasteiger partial charge in [-0.05, 0) is 68.6 Å². The van der Waals surface area contributed by atoms with Gasteiger partial charge in [0.2, 0.25) is 0 Å². The van der Waals surface area contributed by atoms with Crippen molar-refractivity contribution in [3.05, 3.63) is 127 Å². The fraction of sp³-hybridized carbons (Fsp3) is 0.0833. The van der Waals surface area contributed by atoms with Gasteiger partial charge >= 0.3 is 0 Å². The van der Waals surface area contributed by atoms with Crippen LogP contribution in [0.4, 0.5) is 0 Å². The summed E-state index contributed by atoms with van der Waals surface area (Å²) in [5.41, 5.74) is 7.29. The highest BCUT2D eigenvalue weighted by Gasteiger charge is 2.15. The third-order valence-corrected chi connectivity index (χ3v) is 8.64. The maximum absolute atomic E-state index is 4.94. The minimum Gasteiger partial charge on any atom is -0.256 e. The Morgan fingerprint density at radius 1 is 0.579 bits per heavy atom. The monoisotopic (exact) mass is 505 g/mol. The average molecular weight is 506 g/mol. The van der Waals surface area contributed by atoms with Crippen LogP contribution in [0.1, 0.15) is 25.3 Å². The van der Waals surface area contributed by atoms with E-state index in [1.807, 2.05) is 17.5 Å². The van der Waals surface area contributed by atoms with Crippen LogP contribution in [0.2, 0.25) is 0 Å². The Hall–Kier alpha value is -4.27. The van der Waals surface area contributed by atoms with Gasteiger partial charge in [-0.1, -0.05) is 105 Å². The number of thiophene rings is 1. The number of hydrogen-bond donors (Lipinski definition) is 0. The molecule has 7 aromatic rings. The Labute approximate surface area is 227 Å². The van der Waals surface area contributed by atoms with E-state index in [-0.39, 0.29) is 0 Å². The van der Waals surface area contributed by atoms with Crippen molar-refractivity contribution >= 4 is 43.0 Å². The van der Waals surface area contributed by atoms with Gasteiger partial charge in [0.15, 0.2) is 0 Å². The highest BCUT2D eigenvalue weighted by Crippen LogP contribution is 2.42. The molecular weight excluding hydrogens is 478 g/mol. The first-order chi connectivity index (χ1) is 18.7. The van der Waals surface area contributed by atoms with E-state index < -0.39 is 0 Å². The molecule has 0 radical (unpaired) electrons. The molecular formula is C36H27NS. The van der Waals surface area contributed by atoms with Gasteiger partial charge in [-0.25, -0.2) is 0 Å². The van der Waals surface area contributed by atoms with Crippen LogP contribution in [0.25, 0.3) is 64.5 Å². The first kappa shape index (κ1) is 22.9. The van der Waals surface area contributed by atoms with Crippen molar-refractivity contribution in [2.24, 2.45) is 0 Å². The van der Waals surface area contributed by atoms with E-state index in [4.69, 9.17) is 4.98 Å². The van der Waals surface area contributed by atoms with Crippen LogP contribution in [-0.2, 0) is 0 Å². The van der Waals surface area contributed by atoms with E-state index in [0.717, 1.165) is 11.3 Å². The standard InChI is InChI=1S/C36H27NS/c1-23(2)26-13-15-29-27(19-26)14-16-31-30(29)17-18-37-36(31)28-20-32(24-9-5-3-6-10-24)33-22-34(38-35(33)21-28)25-11-7-4-8-12-25/h3-23H,1-2H3. The van der Waals surface area contributed by atoms with Crippen molar-refractivity contribution in [3.63, 3.8) is 0 Å². The Morgan fingerprint density at radius 2 is 1.32 bits per heavy atom. The zero-order valence-electron chi connectivity index (χ0n) is 21.5. The van der Waals surface area contributed by atoms with Crippen molar-refractivity contribution in [1.29, 1.82) is 0 Å². The number of benzene rings is 5. The molecule has 0 unspecified atom stereocenters. The second-order valence-corrected chi connectivity index (χ2v) is 11.3. The number of rotatable bonds is 4. The molecule has 7 rings (SSSR count). The summed E-state index contributed by atoms with van der Waals surface area (Å²) in [6, 6.07) is 41.9. The van der Waals surface area contributed by atoms with Crippen molar-refractivity contribution in [2.75, 3.05) is 0 Å². The largest absolute Gasteiger partial charge is 0.256 e. The van der Waals surface area contributed by atoms with E-state index in [9.17, 15) is 0 Å². The fourth-order valence-corrected chi connectivity index (χ4v) is 6.61. The Kier molecular flexibility index (Phi) is 5.56. The van der Waals surface area contributed by atoms with Crippen LogP contribution in [0.15, 0.2) is 121 Å². The van der Waals surface area contributed by atoms with Crippen LogP contribution >= 0.6 is 11.3 Å². The molecule has 0 bridgehead atoms. The summed E-state index contributed by atoms with van der Waals surface area (Å²) < 4.78 is 1.28. The highest BCUT2D eigenvalue weighted by atomic mass is 32.1. The molecule has 0 fully saturated rings. The normalized spacial score (nSPS) is 11.7. The summed E-state index contributed by atoms with van der Waals surface area (Å²) in [6.45, 7) is 4.50. The molecule has 0 N–H and O–H groups in total. The maximum Gasteiger partial charge on any atom is 0.0781 e. The van der Waals surface area contributed by atoms with E-state index in [0.29, 0.717) is 5.92 Å². The van der Waals surface area contributed by atoms with Gasteiger partial charge < -0.3 is 0 Å². The van der Waals surface area contributed by atoms with Crippen molar-refractivity contribution in [3.8, 4) is 32.8 Å². The minimum absolute atomic E-state index is 0.512. The molecule has 182 valence electrons. The summed E-state index contributed by atoms with van der Waals surface area (Å²) in [7, 11) is 0. The van der Waals surface area contributed by atoms with Crippen LogP contribution in [-0.4, -0.2) is 4.98 Å². The maximum atomic E-state index is 4.94. The number of pyridine rings is 1. The number of fused-ring (bicyclic) bond motifs is 4. The predicted molar refractivity (Wildman–Crippen MR) is 165 cm³/mol. The molecule has 0 saturated carbocycles. The van der Waals surface area contributed by atoms with Gasteiger partial charge in [0.05, 0.1) is 5.69 Å². The lowest BCUT2D eigenvalue weighted by atomic mass is 9.93. The molecule has 0 aliphatic carbocycles. The highest BCUT2D eigenvalue weighted by molar-refractivity contribution is 7.22. The van der Waals surface area contributed by atoms with Gasteiger partial charge in [-0.15, -0.1) is 11.3 Å². The lowest BCUT2D eigenvalue weighted by molar-refractivity contribution is 0.869. The topological polar surface area (TPSA) is 12.9 Å². The van der Waals surface area contributed by atoms with Crippen LogP contribution < -0.4 is 0 Å². The Morgan fingerprint density at radius 3 is 2.08 bits per heavy atom. The van der Waals surface area contributed by atoms with Crippen LogP contribution in [0, 0.1) is 0 Å². The summed E-state index contributed by atoms with van der Waals surface area (Å²) in [5, 5.41) is 6.29. The molecule has 1 nitrogen and oxygen atoms in total. The Bertz CT molecular complexity index is 1930. The molecule has 0 spiro atoms. The molecule has 0 atom stereocenters. The summed E-state index contributed by atoms with van der Waals surface area (Å²) in [6.07, 6.45) is 1.96. The first-order valence-electron chi connectivity index (χ1n) is 13.2. The molecule has 2 heteroatoms. The summed E-state index contributed by atoms with van der Waals surface area (Å²) >= 11 is 1.85.